The smallest absolute Gasteiger partial charge is 0.407 e. The molecule has 3 aliphatic rings. The van der Waals surface area contributed by atoms with Crippen molar-refractivity contribution >= 4 is 29.8 Å². The number of nitrogens with zero attached hydrogens (tertiary/aromatic N) is 4. The number of anilines is 1. The molecule has 1 unspecified atom stereocenters. The summed E-state index contributed by atoms with van der Waals surface area (Å²) in [5, 5.41) is 5.31. The van der Waals surface area contributed by atoms with Gasteiger partial charge in [-0.25, -0.2) is 19.6 Å². The number of benzene rings is 2. The Labute approximate surface area is 358 Å². The molecular formula is C45H55F3N8O6. The van der Waals surface area contributed by atoms with Crippen molar-refractivity contribution in [3.05, 3.63) is 65.2 Å². The van der Waals surface area contributed by atoms with Gasteiger partial charge in [0.25, 0.3) is 0 Å². The number of hydrogen-bond acceptors (Lipinski definition) is 9. The zero-order valence-corrected chi connectivity index (χ0v) is 35.9. The number of aryl methyl sites for hydroxylation is 2. The molecule has 0 saturated carbocycles. The SMILES string of the molecule is COC(=O)N[C@H](C(=O)C1CCCN1c1nc2c([nH]1)CCCc1cc(-c3ccc(-c4[nH]c([C@@H]5CCCN5C(=O)[C@@H](NC(=O)OC)C(C)C)nc4CC(F)(F)F)cc3)ccc1-2)C(C)C. The van der Waals surface area contributed by atoms with Crippen molar-refractivity contribution in [1.29, 1.82) is 0 Å². The summed E-state index contributed by atoms with van der Waals surface area (Å²) < 4.78 is 51.4. The number of halogens is 3. The number of carbonyl (C=O) groups is 4. The van der Waals surface area contributed by atoms with Crippen molar-refractivity contribution in [3.63, 3.8) is 0 Å². The summed E-state index contributed by atoms with van der Waals surface area (Å²) in [6.45, 7) is 8.40. The van der Waals surface area contributed by atoms with Gasteiger partial charge in [0, 0.05) is 24.3 Å². The maximum atomic E-state index is 13.9. The monoisotopic (exact) mass is 860 g/mol. The van der Waals surface area contributed by atoms with Gasteiger partial charge >= 0.3 is 18.4 Å². The molecule has 0 radical (unpaired) electrons. The molecule has 17 heteroatoms. The number of aromatic nitrogens is 4. The van der Waals surface area contributed by atoms with Gasteiger partial charge < -0.3 is 39.9 Å². The molecule has 1 aliphatic carbocycles. The number of alkyl halides is 3. The number of likely N-dealkylation sites (tertiary alicyclic amines) is 1. The highest BCUT2D eigenvalue weighted by Gasteiger charge is 2.41. The van der Waals surface area contributed by atoms with Crippen LogP contribution in [-0.4, -0.2) is 100 Å². The van der Waals surface area contributed by atoms with Crippen molar-refractivity contribution < 1.29 is 41.8 Å². The van der Waals surface area contributed by atoms with Crippen molar-refractivity contribution in [1.82, 2.24) is 35.5 Å². The number of imidazole rings is 2. The first-order valence-electron chi connectivity index (χ1n) is 21.3. The molecule has 62 heavy (non-hydrogen) atoms. The first kappa shape index (κ1) is 44.2. The van der Waals surface area contributed by atoms with E-state index in [1.165, 1.54) is 14.2 Å². The molecular weight excluding hydrogens is 806 g/mol. The molecule has 4 atom stereocenters. The standard InChI is InChI=1S/C45H55F3N8O6/c1-24(2)35(53-43(59)61-5)39(57)33-12-8-21-56(33)42-50-31-11-7-10-29-22-28(18-19-30(29)38(31)52-42)26-14-16-27(17-15-26)37-32(23-45(46,47)48)49-40(51-37)34-13-9-20-55(34)41(58)36(25(3)4)54-44(60)62-6/h14-19,22,24-25,33-36H,7-13,20-21,23H2,1-6H3,(H,49,51)(H,50,52)(H,53,59)(H,54,60)/t33?,34-,35-,36-/m0/s1. The van der Waals surface area contributed by atoms with Crippen molar-refractivity contribution in [2.24, 2.45) is 11.8 Å². The van der Waals surface area contributed by atoms with Crippen LogP contribution in [0.4, 0.5) is 28.7 Å². The Balaban J connectivity index is 1.13. The predicted octanol–water partition coefficient (Wildman–Crippen LogP) is 7.69. The first-order chi connectivity index (χ1) is 29.6. The Morgan fingerprint density at radius 2 is 1.45 bits per heavy atom. The van der Waals surface area contributed by atoms with Crippen LogP contribution in [0, 0.1) is 11.8 Å². The molecule has 2 saturated heterocycles. The zero-order valence-electron chi connectivity index (χ0n) is 35.9. The van der Waals surface area contributed by atoms with Crippen LogP contribution in [0.2, 0.25) is 0 Å². The van der Waals surface area contributed by atoms with Crippen LogP contribution in [-0.2, 0) is 38.3 Å². The fourth-order valence-corrected chi connectivity index (χ4v) is 9.04. The van der Waals surface area contributed by atoms with Gasteiger partial charge in [0.2, 0.25) is 11.9 Å². The van der Waals surface area contributed by atoms with E-state index < -0.39 is 49.0 Å². The summed E-state index contributed by atoms with van der Waals surface area (Å²) >= 11 is 0. The summed E-state index contributed by atoms with van der Waals surface area (Å²) in [4.78, 5) is 71.5. The molecule has 4 heterocycles. The third-order valence-electron chi connectivity index (χ3n) is 12.2. The fourth-order valence-electron chi connectivity index (χ4n) is 9.04. The van der Waals surface area contributed by atoms with Gasteiger partial charge in [0.05, 0.1) is 55.8 Å². The first-order valence-corrected chi connectivity index (χ1v) is 21.3. The number of aromatic amines is 2. The number of carbonyl (C=O) groups excluding carboxylic acids is 4. The van der Waals surface area contributed by atoms with Crippen LogP contribution in [0.5, 0.6) is 0 Å². The Kier molecular flexibility index (Phi) is 13.0. The lowest BCUT2D eigenvalue weighted by Crippen LogP contribution is -2.52. The number of ether oxygens (including phenoxy) is 2. The molecule has 4 aromatic rings. The van der Waals surface area contributed by atoms with E-state index in [0.717, 1.165) is 59.3 Å². The van der Waals surface area contributed by atoms with Gasteiger partial charge in [-0.1, -0.05) is 70.2 Å². The second-order valence-electron chi connectivity index (χ2n) is 17.1. The average molecular weight is 861 g/mol. The lowest BCUT2D eigenvalue weighted by atomic mass is 9.94. The number of H-pyrrole nitrogens is 2. The quantitative estimate of drug-likeness (QED) is 0.111. The van der Waals surface area contributed by atoms with E-state index in [1.807, 2.05) is 36.9 Å². The highest BCUT2D eigenvalue weighted by molar-refractivity contribution is 5.94. The highest BCUT2D eigenvalue weighted by atomic mass is 19.4. The number of fused-ring (bicyclic) bond motifs is 3. The number of Topliss-reactive ketones (excluding diaryl/α,β-unsaturated/α-hetero) is 1. The molecule has 2 fully saturated rings. The van der Waals surface area contributed by atoms with E-state index in [1.54, 1.807) is 30.9 Å². The lowest BCUT2D eigenvalue weighted by molar-refractivity contribution is -0.135. The molecule has 7 rings (SSSR count). The Bertz CT molecular complexity index is 2290. The molecule has 2 aromatic heterocycles. The molecule has 332 valence electrons. The summed E-state index contributed by atoms with van der Waals surface area (Å²) in [6, 6.07) is 10.9. The third kappa shape index (κ3) is 9.31. The minimum atomic E-state index is -4.52. The Morgan fingerprint density at radius 3 is 2.11 bits per heavy atom. The summed E-state index contributed by atoms with van der Waals surface area (Å²) in [6.07, 6.45) is -2.12. The number of nitrogens with one attached hydrogen (secondary N) is 4. The van der Waals surface area contributed by atoms with Crippen molar-refractivity contribution in [3.8, 4) is 33.6 Å². The predicted molar refractivity (Wildman–Crippen MR) is 226 cm³/mol. The summed E-state index contributed by atoms with van der Waals surface area (Å²) in [7, 11) is 2.49. The van der Waals surface area contributed by atoms with Crippen LogP contribution < -0.4 is 15.5 Å². The van der Waals surface area contributed by atoms with Crippen LogP contribution in [0.1, 0.15) is 88.6 Å². The third-order valence-corrected chi connectivity index (χ3v) is 12.2. The summed E-state index contributed by atoms with van der Waals surface area (Å²) in [5.41, 5.74) is 6.38. The molecule has 4 N–H and O–H groups in total. The van der Waals surface area contributed by atoms with E-state index in [-0.39, 0.29) is 40.7 Å². The molecule has 14 nitrogen and oxygen atoms in total. The fraction of sp³-hybridized carbons (Fsp3) is 0.511. The van der Waals surface area contributed by atoms with E-state index in [0.29, 0.717) is 43.9 Å². The second-order valence-corrected chi connectivity index (χ2v) is 17.1. The maximum absolute atomic E-state index is 13.9. The average Bonchev–Trinajstić information content (AvgIpc) is 4.06. The number of methoxy groups -OCH3 is 2. The lowest BCUT2D eigenvalue weighted by Gasteiger charge is -2.30. The molecule has 0 bridgehead atoms. The maximum Gasteiger partial charge on any atom is 0.407 e. The molecule has 2 aliphatic heterocycles. The molecule has 2 aromatic carbocycles. The van der Waals surface area contributed by atoms with Crippen molar-refractivity contribution in [2.45, 2.75) is 109 Å². The van der Waals surface area contributed by atoms with E-state index in [9.17, 15) is 32.3 Å². The van der Waals surface area contributed by atoms with Gasteiger partial charge in [0.1, 0.15) is 11.9 Å². The van der Waals surface area contributed by atoms with Crippen LogP contribution in [0.25, 0.3) is 33.6 Å². The number of hydrogen-bond donors (Lipinski definition) is 4. The van der Waals surface area contributed by atoms with Gasteiger partial charge in [-0.2, -0.15) is 13.2 Å². The second kappa shape index (κ2) is 18.2. The van der Waals surface area contributed by atoms with Crippen LogP contribution >= 0.6 is 0 Å². The van der Waals surface area contributed by atoms with Gasteiger partial charge in [-0.15, -0.1) is 0 Å². The minimum absolute atomic E-state index is 0.0753. The minimum Gasteiger partial charge on any atom is -0.453 e. The molecule has 0 spiro atoms. The van der Waals surface area contributed by atoms with Crippen molar-refractivity contribution in [2.75, 3.05) is 32.2 Å². The van der Waals surface area contributed by atoms with Crippen LogP contribution in [0.3, 0.4) is 0 Å². The number of amides is 3. The highest BCUT2D eigenvalue weighted by Crippen LogP contribution is 2.39. The van der Waals surface area contributed by atoms with Gasteiger partial charge in [0.15, 0.2) is 5.78 Å². The number of rotatable bonds is 12. The Morgan fingerprint density at radius 1 is 0.806 bits per heavy atom. The van der Waals surface area contributed by atoms with E-state index in [4.69, 9.17) is 14.5 Å². The largest absolute Gasteiger partial charge is 0.453 e. The number of ketones is 1. The normalized spacial score (nSPS) is 18.6. The Hall–Kier alpha value is -5.87. The van der Waals surface area contributed by atoms with E-state index in [2.05, 4.69) is 37.7 Å². The molecule has 3 amide bonds. The van der Waals surface area contributed by atoms with Gasteiger partial charge in [-0.3, -0.25) is 9.59 Å². The zero-order chi connectivity index (χ0) is 44.5. The van der Waals surface area contributed by atoms with Gasteiger partial charge in [-0.05, 0) is 79.0 Å². The summed E-state index contributed by atoms with van der Waals surface area (Å²) in [5.74, 6) is 0.0781. The van der Waals surface area contributed by atoms with E-state index >= 15 is 0 Å². The van der Waals surface area contributed by atoms with Crippen LogP contribution in [0.15, 0.2) is 42.5 Å². The number of alkyl carbamates (subject to hydrolysis) is 2. The topological polar surface area (TPSA) is 175 Å².